The van der Waals surface area contributed by atoms with Crippen LogP contribution in [-0.2, 0) is 0 Å². The smallest absolute Gasteiger partial charge is 0.0753 e. The quantitative estimate of drug-likeness (QED) is 0.525. The van der Waals surface area contributed by atoms with E-state index in [2.05, 4.69) is 47.5 Å². The van der Waals surface area contributed by atoms with Gasteiger partial charge in [-0.3, -0.25) is 4.99 Å². The minimum absolute atomic E-state index is 0.0382. The van der Waals surface area contributed by atoms with Gasteiger partial charge in [0.25, 0.3) is 0 Å². The van der Waals surface area contributed by atoms with Crippen LogP contribution < -0.4 is 0 Å². The van der Waals surface area contributed by atoms with Gasteiger partial charge in [0.15, 0.2) is 0 Å². The summed E-state index contributed by atoms with van der Waals surface area (Å²) < 4.78 is 0. The Kier molecular flexibility index (Phi) is 1.15. The first-order valence-electron chi connectivity index (χ1n) is 4.42. The number of nitrogens with zero attached hydrogens (tertiary/aromatic N) is 1. The average molecular weight is 167 g/mol. The summed E-state index contributed by atoms with van der Waals surface area (Å²) in [5.41, 5.74) is 2.54. The average Bonchev–Trinajstić information content (AvgIpc) is 2.58. The fourth-order valence-corrected chi connectivity index (χ4v) is 2.03. The van der Waals surface area contributed by atoms with Gasteiger partial charge >= 0.3 is 0 Å². The van der Waals surface area contributed by atoms with Gasteiger partial charge in [-0.25, -0.2) is 0 Å². The molecule has 0 saturated heterocycles. The van der Waals surface area contributed by atoms with E-state index in [1.54, 1.807) is 0 Å². The number of hydrogen-bond acceptors (Lipinski definition) is 1. The standard InChI is InChI=1S/C12H9N/c1-2-7-12-9-13-8-11(12)6-3-5-10(12)4-1/h1-9H. The predicted molar refractivity (Wildman–Crippen MR) is 54.5 cm³/mol. The molecule has 1 heterocycles. The molecule has 0 radical (unpaired) electrons. The monoisotopic (exact) mass is 167 g/mol. The number of hydrogen-bond donors (Lipinski definition) is 0. The first-order valence-corrected chi connectivity index (χ1v) is 4.42. The summed E-state index contributed by atoms with van der Waals surface area (Å²) in [6.45, 7) is 0. The van der Waals surface area contributed by atoms with E-state index in [1.807, 2.05) is 12.4 Å². The van der Waals surface area contributed by atoms with Crippen LogP contribution in [0.1, 0.15) is 0 Å². The molecule has 3 rings (SSSR count). The molecule has 0 aromatic rings. The SMILES string of the molecule is C1=CC2=CC=CC3=CN=CC23C=C1. The van der Waals surface area contributed by atoms with E-state index in [4.69, 9.17) is 0 Å². The van der Waals surface area contributed by atoms with E-state index >= 15 is 0 Å². The fourth-order valence-electron chi connectivity index (χ4n) is 2.03. The van der Waals surface area contributed by atoms with Gasteiger partial charge in [0.05, 0.1) is 5.41 Å². The van der Waals surface area contributed by atoms with Crippen molar-refractivity contribution in [1.82, 2.24) is 0 Å². The largest absolute Gasteiger partial charge is 0.267 e. The van der Waals surface area contributed by atoms with Crippen molar-refractivity contribution in [2.24, 2.45) is 10.4 Å². The Morgan fingerprint density at radius 3 is 2.92 bits per heavy atom. The highest BCUT2D eigenvalue weighted by Gasteiger charge is 2.36. The molecule has 1 atom stereocenters. The van der Waals surface area contributed by atoms with Crippen LogP contribution in [-0.4, -0.2) is 6.21 Å². The highest BCUT2D eigenvalue weighted by molar-refractivity contribution is 5.86. The van der Waals surface area contributed by atoms with Gasteiger partial charge in [-0.2, -0.15) is 0 Å². The normalized spacial score (nSPS) is 32.6. The van der Waals surface area contributed by atoms with Crippen molar-refractivity contribution in [3.05, 3.63) is 59.9 Å². The molecule has 0 saturated carbocycles. The lowest BCUT2D eigenvalue weighted by Gasteiger charge is -2.30. The summed E-state index contributed by atoms with van der Waals surface area (Å²) in [6.07, 6.45) is 18.8. The molecule has 0 N–H and O–H groups in total. The van der Waals surface area contributed by atoms with E-state index in [9.17, 15) is 0 Å². The van der Waals surface area contributed by atoms with Crippen molar-refractivity contribution in [1.29, 1.82) is 0 Å². The Morgan fingerprint density at radius 2 is 1.92 bits per heavy atom. The van der Waals surface area contributed by atoms with Gasteiger partial charge in [0.2, 0.25) is 0 Å². The maximum atomic E-state index is 4.24. The van der Waals surface area contributed by atoms with Crippen molar-refractivity contribution >= 4 is 6.21 Å². The van der Waals surface area contributed by atoms with E-state index in [-0.39, 0.29) is 5.41 Å². The van der Waals surface area contributed by atoms with Crippen molar-refractivity contribution in [3.8, 4) is 0 Å². The summed E-state index contributed by atoms with van der Waals surface area (Å²) in [7, 11) is 0. The topological polar surface area (TPSA) is 12.4 Å². The molecule has 1 unspecified atom stereocenters. The molecule has 3 aliphatic rings. The first kappa shape index (κ1) is 6.84. The van der Waals surface area contributed by atoms with E-state index < -0.39 is 0 Å². The molecule has 1 aliphatic heterocycles. The summed E-state index contributed by atoms with van der Waals surface area (Å²) in [5.74, 6) is 0. The van der Waals surface area contributed by atoms with Crippen molar-refractivity contribution in [3.63, 3.8) is 0 Å². The third-order valence-electron chi connectivity index (χ3n) is 2.74. The van der Waals surface area contributed by atoms with Gasteiger partial charge in [0, 0.05) is 12.4 Å². The van der Waals surface area contributed by atoms with Gasteiger partial charge in [-0.15, -0.1) is 0 Å². The first-order chi connectivity index (χ1) is 6.42. The Bertz CT molecular complexity index is 430. The zero-order valence-electron chi connectivity index (χ0n) is 7.14. The van der Waals surface area contributed by atoms with Crippen LogP contribution in [0.5, 0.6) is 0 Å². The van der Waals surface area contributed by atoms with Crippen molar-refractivity contribution in [2.45, 2.75) is 0 Å². The Hall–Kier alpha value is -1.63. The molecule has 0 bridgehead atoms. The van der Waals surface area contributed by atoms with Gasteiger partial charge < -0.3 is 0 Å². The van der Waals surface area contributed by atoms with Gasteiger partial charge in [0.1, 0.15) is 0 Å². The van der Waals surface area contributed by atoms with Crippen molar-refractivity contribution in [2.75, 3.05) is 0 Å². The minimum Gasteiger partial charge on any atom is -0.267 e. The van der Waals surface area contributed by atoms with E-state index in [0.717, 1.165) is 0 Å². The molecule has 0 aromatic carbocycles. The summed E-state index contributed by atoms with van der Waals surface area (Å²) in [4.78, 5) is 4.24. The lowest BCUT2D eigenvalue weighted by molar-refractivity contribution is 0.812. The van der Waals surface area contributed by atoms with Crippen LogP contribution in [0.25, 0.3) is 0 Å². The zero-order chi connectivity index (χ0) is 8.73. The molecule has 1 nitrogen and oxygen atoms in total. The molecule has 0 aromatic heterocycles. The highest BCUT2D eigenvalue weighted by Crippen LogP contribution is 2.43. The number of aliphatic imine (C=N–C) groups is 1. The second-order valence-electron chi connectivity index (χ2n) is 3.43. The lowest BCUT2D eigenvalue weighted by atomic mass is 9.71. The van der Waals surface area contributed by atoms with Crippen LogP contribution >= 0.6 is 0 Å². The summed E-state index contributed by atoms with van der Waals surface area (Å²) in [5, 5.41) is 0. The van der Waals surface area contributed by atoms with Gasteiger partial charge in [-0.1, -0.05) is 42.5 Å². The molecular weight excluding hydrogens is 158 g/mol. The minimum atomic E-state index is -0.0382. The maximum absolute atomic E-state index is 4.24. The molecule has 13 heavy (non-hydrogen) atoms. The molecular formula is C12H9N. The van der Waals surface area contributed by atoms with Crippen LogP contribution in [0, 0.1) is 5.41 Å². The summed E-state index contributed by atoms with van der Waals surface area (Å²) in [6, 6.07) is 0. The molecule has 1 spiro atoms. The number of allylic oxidation sites excluding steroid dienone is 9. The third kappa shape index (κ3) is 0.738. The molecule has 62 valence electrons. The second kappa shape index (κ2) is 2.19. The fraction of sp³-hybridized carbons (Fsp3) is 0.0833. The Balaban J connectivity index is 2.28. The molecule has 1 heteroatoms. The van der Waals surface area contributed by atoms with Crippen LogP contribution in [0.2, 0.25) is 0 Å². The van der Waals surface area contributed by atoms with Crippen LogP contribution in [0.15, 0.2) is 64.9 Å². The summed E-state index contributed by atoms with van der Waals surface area (Å²) >= 11 is 0. The van der Waals surface area contributed by atoms with E-state index in [1.165, 1.54) is 11.1 Å². The van der Waals surface area contributed by atoms with Gasteiger partial charge in [-0.05, 0) is 11.1 Å². The second-order valence-corrected chi connectivity index (χ2v) is 3.43. The zero-order valence-corrected chi connectivity index (χ0v) is 7.14. The van der Waals surface area contributed by atoms with Crippen LogP contribution in [0.4, 0.5) is 0 Å². The van der Waals surface area contributed by atoms with Crippen LogP contribution in [0.3, 0.4) is 0 Å². The molecule has 2 aliphatic carbocycles. The predicted octanol–water partition coefficient (Wildman–Crippen LogP) is 2.56. The van der Waals surface area contributed by atoms with E-state index in [0.29, 0.717) is 0 Å². The number of rotatable bonds is 0. The molecule has 0 fully saturated rings. The Labute approximate surface area is 77.2 Å². The maximum Gasteiger partial charge on any atom is 0.0753 e. The Morgan fingerprint density at radius 1 is 1.00 bits per heavy atom. The highest BCUT2D eigenvalue weighted by atomic mass is 14.7. The lowest BCUT2D eigenvalue weighted by Crippen LogP contribution is -2.24. The molecule has 0 amide bonds. The van der Waals surface area contributed by atoms with Crippen molar-refractivity contribution < 1.29 is 0 Å². The third-order valence-corrected chi connectivity index (χ3v) is 2.74.